The van der Waals surface area contributed by atoms with Crippen molar-refractivity contribution in [3.8, 4) is 0 Å². The molecule has 2 aliphatic heterocycles. The van der Waals surface area contributed by atoms with Crippen molar-refractivity contribution in [3.05, 3.63) is 0 Å². The molecule has 0 aromatic carbocycles. The van der Waals surface area contributed by atoms with Gasteiger partial charge in [0.15, 0.2) is 5.60 Å². The molecule has 0 N–H and O–H groups in total. The van der Waals surface area contributed by atoms with Gasteiger partial charge in [-0.15, -0.1) is 0 Å². The first-order valence-corrected chi connectivity index (χ1v) is 7.81. The summed E-state index contributed by atoms with van der Waals surface area (Å²) >= 11 is 0. The van der Waals surface area contributed by atoms with Gasteiger partial charge in [0, 0.05) is 18.0 Å². The Labute approximate surface area is 120 Å². The zero-order valence-electron chi connectivity index (χ0n) is 13.0. The van der Waals surface area contributed by atoms with Gasteiger partial charge in [0.05, 0.1) is 5.41 Å². The molecular weight excluding hydrogens is 254 g/mol. The Hall–Kier alpha value is -1.06. The van der Waals surface area contributed by atoms with E-state index in [1.54, 1.807) is 0 Å². The van der Waals surface area contributed by atoms with E-state index in [0.717, 1.165) is 25.8 Å². The van der Waals surface area contributed by atoms with Gasteiger partial charge in [0.25, 0.3) is 5.91 Å². The molecule has 0 aromatic rings. The monoisotopic (exact) mass is 279 g/mol. The number of likely N-dealkylation sites (tertiary alicyclic amines) is 1. The maximum absolute atomic E-state index is 13.1. The first kappa shape index (κ1) is 13.9. The number of rotatable bonds is 1. The number of fused-ring (bicyclic) bond motifs is 2. The molecule has 3 aliphatic rings. The summed E-state index contributed by atoms with van der Waals surface area (Å²) in [6, 6.07) is 0.257. The SMILES string of the molecule is C[C@@H]1CCCCN1C(=O)[C@@]12CC[C@@](C)(C(=O)O1)C2(C)C. The first-order chi connectivity index (χ1) is 9.26. The van der Waals surface area contributed by atoms with Crippen molar-refractivity contribution in [2.45, 2.75) is 71.4 Å². The molecule has 0 aromatic heterocycles. The fraction of sp³-hybridized carbons (Fsp3) is 0.875. The van der Waals surface area contributed by atoms with E-state index in [-0.39, 0.29) is 17.9 Å². The number of piperidine rings is 1. The van der Waals surface area contributed by atoms with Crippen LogP contribution < -0.4 is 0 Å². The lowest BCUT2D eigenvalue weighted by Crippen LogP contribution is -2.57. The molecule has 3 fully saturated rings. The van der Waals surface area contributed by atoms with E-state index in [1.807, 2.05) is 25.7 Å². The molecule has 1 amide bonds. The van der Waals surface area contributed by atoms with Gasteiger partial charge in [-0.25, -0.2) is 0 Å². The van der Waals surface area contributed by atoms with Crippen LogP contribution in [0.5, 0.6) is 0 Å². The summed E-state index contributed by atoms with van der Waals surface area (Å²) in [6.45, 7) is 8.91. The second-order valence-corrected chi connectivity index (χ2v) is 7.52. The van der Waals surface area contributed by atoms with E-state index in [4.69, 9.17) is 4.74 Å². The number of esters is 1. The van der Waals surface area contributed by atoms with Gasteiger partial charge < -0.3 is 9.64 Å². The second-order valence-electron chi connectivity index (χ2n) is 7.52. The summed E-state index contributed by atoms with van der Waals surface area (Å²) in [6.07, 6.45) is 4.71. The summed E-state index contributed by atoms with van der Waals surface area (Å²) < 4.78 is 5.70. The van der Waals surface area contributed by atoms with Crippen molar-refractivity contribution in [2.24, 2.45) is 10.8 Å². The average molecular weight is 279 g/mol. The predicted octanol–water partition coefficient (Wildman–Crippen LogP) is 2.51. The topological polar surface area (TPSA) is 46.6 Å². The maximum Gasteiger partial charge on any atom is 0.313 e. The number of hydrogen-bond acceptors (Lipinski definition) is 3. The Morgan fingerprint density at radius 1 is 1.25 bits per heavy atom. The molecule has 1 saturated carbocycles. The maximum atomic E-state index is 13.1. The molecule has 2 heterocycles. The van der Waals surface area contributed by atoms with Crippen molar-refractivity contribution in [2.75, 3.05) is 6.54 Å². The Bertz CT molecular complexity index is 472. The Morgan fingerprint density at radius 3 is 2.45 bits per heavy atom. The summed E-state index contributed by atoms with van der Waals surface area (Å²) in [5, 5.41) is 0. The van der Waals surface area contributed by atoms with Gasteiger partial charge in [-0.3, -0.25) is 9.59 Å². The standard InChI is InChI=1S/C16H25NO3/c1-11-7-5-6-10-17(11)12(18)16-9-8-15(4,13(19)20-16)14(16,2)3/h11H,5-10H2,1-4H3/t11-,15+,16-/m1/s1. The Balaban J connectivity index is 1.97. The number of carbonyl (C=O) groups is 2. The van der Waals surface area contributed by atoms with Crippen LogP contribution in [-0.2, 0) is 14.3 Å². The molecular formula is C16H25NO3. The summed E-state index contributed by atoms with van der Waals surface area (Å²) in [4.78, 5) is 27.4. The van der Waals surface area contributed by atoms with Crippen LogP contribution in [0, 0.1) is 10.8 Å². The molecule has 112 valence electrons. The molecule has 20 heavy (non-hydrogen) atoms. The van der Waals surface area contributed by atoms with Crippen LogP contribution in [0.2, 0.25) is 0 Å². The predicted molar refractivity (Wildman–Crippen MR) is 75.0 cm³/mol. The fourth-order valence-electron chi connectivity index (χ4n) is 4.35. The van der Waals surface area contributed by atoms with Gasteiger partial charge in [-0.1, -0.05) is 13.8 Å². The van der Waals surface area contributed by atoms with E-state index in [2.05, 4.69) is 6.92 Å². The highest BCUT2D eigenvalue weighted by molar-refractivity contribution is 5.96. The lowest BCUT2D eigenvalue weighted by molar-refractivity contribution is -0.176. The molecule has 0 spiro atoms. The van der Waals surface area contributed by atoms with Gasteiger partial charge in [0.2, 0.25) is 0 Å². The van der Waals surface area contributed by atoms with E-state index < -0.39 is 16.4 Å². The van der Waals surface area contributed by atoms with Crippen molar-refractivity contribution < 1.29 is 14.3 Å². The summed E-state index contributed by atoms with van der Waals surface area (Å²) in [5.74, 6) is -0.143. The Kier molecular flexibility index (Phi) is 2.77. The molecule has 1 aliphatic carbocycles. The summed E-state index contributed by atoms with van der Waals surface area (Å²) in [5.41, 5.74) is -1.86. The largest absolute Gasteiger partial charge is 0.448 e. The molecule has 0 unspecified atom stereocenters. The average Bonchev–Trinajstić information content (AvgIpc) is 2.69. The van der Waals surface area contributed by atoms with Crippen LogP contribution in [0.15, 0.2) is 0 Å². The van der Waals surface area contributed by atoms with Crippen LogP contribution in [-0.4, -0.2) is 35.0 Å². The van der Waals surface area contributed by atoms with Crippen LogP contribution >= 0.6 is 0 Å². The lowest BCUT2D eigenvalue weighted by atomic mass is 9.66. The molecule has 2 bridgehead atoms. The zero-order valence-corrected chi connectivity index (χ0v) is 13.0. The number of amides is 1. The molecule has 4 heteroatoms. The van der Waals surface area contributed by atoms with Gasteiger partial charge in [-0.2, -0.15) is 0 Å². The van der Waals surface area contributed by atoms with Gasteiger partial charge >= 0.3 is 5.97 Å². The number of nitrogens with zero attached hydrogens (tertiary/aromatic N) is 1. The molecule has 3 atom stereocenters. The highest BCUT2D eigenvalue weighted by atomic mass is 16.6. The third-order valence-corrected chi connectivity index (χ3v) is 6.49. The molecule has 3 rings (SSSR count). The minimum atomic E-state index is -0.926. The third kappa shape index (κ3) is 1.38. The van der Waals surface area contributed by atoms with Crippen molar-refractivity contribution in [1.82, 2.24) is 4.90 Å². The quantitative estimate of drug-likeness (QED) is 0.693. The van der Waals surface area contributed by atoms with Gasteiger partial charge in [-0.05, 0) is 46.0 Å². The zero-order chi connectivity index (χ0) is 14.8. The van der Waals surface area contributed by atoms with Crippen LogP contribution in [0.3, 0.4) is 0 Å². The molecule has 0 radical (unpaired) electrons. The fourth-order valence-corrected chi connectivity index (χ4v) is 4.35. The highest BCUT2D eigenvalue weighted by Crippen LogP contribution is 2.66. The van der Waals surface area contributed by atoms with Crippen molar-refractivity contribution in [1.29, 1.82) is 0 Å². The van der Waals surface area contributed by atoms with Crippen LogP contribution in [0.4, 0.5) is 0 Å². The van der Waals surface area contributed by atoms with Crippen molar-refractivity contribution in [3.63, 3.8) is 0 Å². The third-order valence-electron chi connectivity index (χ3n) is 6.49. The van der Waals surface area contributed by atoms with E-state index in [0.29, 0.717) is 6.42 Å². The van der Waals surface area contributed by atoms with Crippen molar-refractivity contribution >= 4 is 11.9 Å². The highest BCUT2D eigenvalue weighted by Gasteiger charge is 2.76. The lowest BCUT2D eigenvalue weighted by Gasteiger charge is -2.42. The Morgan fingerprint density at radius 2 is 1.95 bits per heavy atom. The van der Waals surface area contributed by atoms with Crippen LogP contribution in [0.25, 0.3) is 0 Å². The molecule has 4 nitrogen and oxygen atoms in total. The minimum absolute atomic E-state index is 0.0456. The first-order valence-electron chi connectivity index (χ1n) is 7.81. The smallest absolute Gasteiger partial charge is 0.313 e. The number of hydrogen-bond donors (Lipinski definition) is 0. The number of carbonyl (C=O) groups excluding carboxylic acids is 2. The summed E-state index contributed by atoms with van der Waals surface area (Å²) in [7, 11) is 0. The van der Waals surface area contributed by atoms with E-state index in [1.165, 1.54) is 6.42 Å². The van der Waals surface area contributed by atoms with E-state index in [9.17, 15) is 9.59 Å². The second kappa shape index (κ2) is 3.99. The number of ether oxygens (including phenoxy) is 1. The molecule has 2 saturated heterocycles. The van der Waals surface area contributed by atoms with Gasteiger partial charge in [0.1, 0.15) is 0 Å². The van der Waals surface area contributed by atoms with Crippen LogP contribution in [0.1, 0.15) is 59.8 Å². The minimum Gasteiger partial charge on any atom is -0.448 e. The van der Waals surface area contributed by atoms with E-state index >= 15 is 0 Å². The normalized spacial score (nSPS) is 42.7.